The molecule has 1 aliphatic rings. The molecule has 0 spiro atoms. The number of esters is 2. The molecule has 0 amide bonds. The van der Waals surface area contributed by atoms with Crippen LogP contribution >= 0.6 is 0 Å². The third kappa shape index (κ3) is 6.58. The van der Waals surface area contributed by atoms with Crippen LogP contribution in [-0.4, -0.2) is 11.9 Å². The Kier molecular flexibility index (Phi) is 7.75. The van der Waals surface area contributed by atoms with Gasteiger partial charge in [0.1, 0.15) is 13.2 Å². The zero-order valence-corrected chi connectivity index (χ0v) is 20.1. The molecule has 0 atom stereocenters. The van der Waals surface area contributed by atoms with Crippen LogP contribution in [0.5, 0.6) is 0 Å². The van der Waals surface area contributed by atoms with E-state index in [9.17, 15) is 9.59 Å². The monoisotopic (exact) mass is 447 g/mol. The molecule has 0 radical (unpaired) electrons. The van der Waals surface area contributed by atoms with Crippen LogP contribution < -0.4 is 5.32 Å². The Morgan fingerprint density at radius 2 is 1.15 bits per heavy atom. The van der Waals surface area contributed by atoms with Crippen molar-refractivity contribution in [3.05, 3.63) is 94.3 Å². The molecule has 1 N–H and O–H groups in total. The van der Waals surface area contributed by atoms with Gasteiger partial charge in [-0.2, -0.15) is 0 Å². The van der Waals surface area contributed by atoms with E-state index in [1.54, 1.807) is 0 Å². The van der Waals surface area contributed by atoms with Crippen molar-refractivity contribution in [1.82, 2.24) is 5.32 Å². The molecule has 0 aromatic heterocycles. The lowest BCUT2D eigenvalue weighted by Crippen LogP contribution is -2.35. The number of benzene rings is 2. The molecule has 0 fully saturated rings. The summed E-state index contributed by atoms with van der Waals surface area (Å²) in [5.41, 5.74) is 4.08. The summed E-state index contributed by atoms with van der Waals surface area (Å²) in [7, 11) is 0. The van der Waals surface area contributed by atoms with Gasteiger partial charge in [-0.15, -0.1) is 0 Å². The summed E-state index contributed by atoms with van der Waals surface area (Å²) >= 11 is 0. The van der Waals surface area contributed by atoms with Crippen LogP contribution in [0.25, 0.3) is 0 Å². The summed E-state index contributed by atoms with van der Waals surface area (Å²) < 4.78 is 11.3. The van der Waals surface area contributed by atoms with Crippen LogP contribution in [0.4, 0.5) is 0 Å². The molecule has 2 aromatic rings. The quantitative estimate of drug-likeness (QED) is 0.554. The van der Waals surface area contributed by atoms with Crippen molar-refractivity contribution in [1.29, 1.82) is 0 Å². The number of dihydropyridines is 1. The van der Waals surface area contributed by atoms with E-state index in [2.05, 4.69) is 26.1 Å². The van der Waals surface area contributed by atoms with Crippen molar-refractivity contribution in [3.8, 4) is 0 Å². The second kappa shape index (κ2) is 10.5. The van der Waals surface area contributed by atoms with Gasteiger partial charge in [0.15, 0.2) is 0 Å². The normalized spacial score (nSPS) is 14.7. The summed E-state index contributed by atoms with van der Waals surface area (Å²) in [4.78, 5) is 26.5. The predicted molar refractivity (Wildman–Crippen MR) is 129 cm³/mol. The SMILES string of the molecule is CC1=C(C(=O)OCc2ccccc2)C(CC(C)(C)C)C(C(=O)OCc2ccccc2)=C(C)N1. The smallest absolute Gasteiger partial charge is 0.336 e. The third-order valence-corrected chi connectivity index (χ3v) is 5.56. The molecule has 5 heteroatoms. The van der Waals surface area contributed by atoms with Crippen molar-refractivity contribution >= 4 is 11.9 Å². The van der Waals surface area contributed by atoms with E-state index < -0.39 is 17.9 Å². The predicted octanol–water partition coefficient (Wildman–Crippen LogP) is 5.68. The second-order valence-corrected chi connectivity index (χ2v) is 9.64. The Bertz CT molecular complexity index is 969. The maximum atomic E-state index is 13.2. The van der Waals surface area contributed by atoms with Gasteiger partial charge < -0.3 is 14.8 Å². The van der Waals surface area contributed by atoms with Gasteiger partial charge in [0.25, 0.3) is 0 Å². The van der Waals surface area contributed by atoms with Crippen LogP contribution in [0.15, 0.2) is 83.2 Å². The van der Waals surface area contributed by atoms with Gasteiger partial charge in [-0.1, -0.05) is 81.4 Å². The van der Waals surface area contributed by atoms with E-state index in [0.29, 0.717) is 29.0 Å². The third-order valence-electron chi connectivity index (χ3n) is 5.56. The Morgan fingerprint density at radius 1 is 0.758 bits per heavy atom. The molecule has 0 saturated heterocycles. The van der Waals surface area contributed by atoms with Crippen molar-refractivity contribution in [3.63, 3.8) is 0 Å². The fourth-order valence-electron chi connectivity index (χ4n) is 4.09. The average Bonchev–Trinajstić information content (AvgIpc) is 2.76. The minimum atomic E-state index is -0.419. The van der Waals surface area contributed by atoms with Crippen molar-refractivity contribution < 1.29 is 19.1 Å². The maximum Gasteiger partial charge on any atom is 0.336 e. The van der Waals surface area contributed by atoms with Gasteiger partial charge in [-0.25, -0.2) is 9.59 Å². The first-order valence-corrected chi connectivity index (χ1v) is 11.3. The number of hydrogen-bond acceptors (Lipinski definition) is 5. The number of ether oxygens (including phenoxy) is 2. The standard InChI is InChI=1S/C28H33NO4/c1-19-24(26(30)32-17-21-12-8-6-9-13-21)23(16-28(3,4)5)25(20(2)29-19)27(31)33-18-22-14-10-7-11-15-22/h6-15,23,29H,16-18H2,1-5H3. The second-order valence-electron chi connectivity index (χ2n) is 9.64. The van der Waals surface area contributed by atoms with Gasteiger partial charge in [0, 0.05) is 17.3 Å². The highest BCUT2D eigenvalue weighted by Gasteiger charge is 2.39. The lowest BCUT2D eigenvalue weighted by Gasteiger charge is -2.34. The molecule has 1 heterocycles. The van der Waals surface area contributed by atoms with E-state index in [4.69, 9.17) is 9.47 Å². The summed E-state index contributed by atoms with van der Waals surface area (Å²) in [5.74, 6) is -1.25. The Hall–Kier alpha value is -3.34. The zero-order valence-electron chi connectivity index (χ0n) is 20.1. The summed E-state index contributed by atoms with van der Waals surface area (Å²) in [6.07, 6.45) is 0.606. The van der Waals surface area contributed by atoms with Gasteiger partial charge in [-0.05, 0) is 36.8 Å². The summed E-state index contributed by atoms with van der Waals surface area (Å²) in [5, 5.41) is 3.21. The highest BCUT2D eigenvalue weighted by atomic mass is 16.5. The lowest BCUT2D eigenvalue weighted by atomic mass is 9.75. The molecular formula is C28H33NO4. The molecule has 5 nitrogen and oxygen atoms in total. The molecule has 0 bridgehead atoms. The summed E-state index contributed by atoms with van der Waals surface area (Å²) in [6, 6.07) is 19.1. The molecular weight excluding hydrogens is 414 g/mol. The molecule has 33 heavy (non-hydrogen) atoms. The van der Waals surface area contributed by atoms with Crippen LogP contribution in [0.2, 0.25) is 0 Å². The van der Waals surface area contributed by atoms with Crippen LogP contribution in [0.1, 0.15) is 52.2 Å². The number of nitrogens with one attached hydrogen (secondary N) is 1. The molecule has 0 unspecified atom stereocenters. The van der Waals surface area contributed by atoms with Gasteiger partial charge in [0.2, 0.25) is 0 Å². The molecule has 0 aliphatic carbocycles. The van der Waals surface area contributed by atoms with Gasteiger partial charge in [-0.3, -0.25) is 0 Å². The molecule has 2 aromatic carbocycles. The van der Waals surface area contributed by atoms with E-state index in [1.165, 1.54) is 0 Å². The molecule has 0 saturated carbocycles. The van der Waals surface area contributed by atoms with Crippen molar-refractivity contribution in [2.75, 3.05) is 0 Å². The first-order valence-electron chi connectivity index (χ1n) is 11.3. The first-order chi connectivity index (χ1) is 15.7. The average molecular weight is 448 g/mol. The van der Waals surface area contributed by atoms with E-state index >= 15 is 0 Å². The van der Waals surface area contributed by atoms with E-state index in [-0.39, 0.29) is 18.6 Å². The number of hydrogen-bond donors (Lipinski definition) is 1. The van der Waals surface area contributed by atoms with Crippen LogP contribution in [0.3, 0.4) is 0 Å². The number of carbonyl (C=O) groups excluding carboxylic acids is 2. The largest absolute Gasteiger partial charge is 0.457 e. The highest BCUT2D eigenvalue weighted by Crippen LogP contribution is 2.39. The molecule has 1 aliphatic heterocycles. The first kappa shape index (κ1) is 24.3. The van der Waals surface area contributed by atoms with Crippen LogP contribution in [-0.2, 0) is 32.3 Å². The summed E-state index contributed by atoms with van der Waals surface area (Å²) in [6.45, 7) is 10.3. The minimum absolute atomic E-state index is 0.127. The van der Waals surface area contributed by atoms with Crippen molar-refractivity contribution in [2.24, 2.45) is 11.3 Å². The van der Waals surface area contributed by atoms with E-state index in [0.717, 1.165) is 11.1 Å². The Labute approximate surface area is 196 Å². The maximum absolute atomic E-state index is 13.2. The Morgan fingerprint density at radius 3 is 1.52 bits per heavy atom. The fourth-order valence-corrected chi connectivity index (χ4v) is 4.09. The highest BCUT2D eigenvalue weighted by molar-refractivity contribution is 5.97. The molecule has 174 valence electrons. The lowest BCUT2D eigenvalue weighted by molar-refractivity contribution is -0.142. The zero-order chi connectivity index (χ0) is 24.0. The molecule has 3 rings (SSSR count). The fraction of sp³-hybridized carbons (Fsp3) is 0.357. The van der Waals surface area contributed by atoms with Crippen LogP contribution in [0, 0.1) is 11.3 Å². The topological polar surface area (TPSA) is 64.6 Å². The Balaban J connectivity index is 1.84. The number of allylic oxidation sites excluding steroid dienone is 2. The minimum Gasteiger partial charge on any atom is -0.457 e. The van der Waals surface area contributed by atoms with Gasteiger partial charge >= 0.3 is 11.9 Å². The number of rotatable bonds is 7. The van der Waals surface area contributed by atoms with Crippen molar-refractivity contribution in [2.45, 2.75) is 54.3 Å². The number of carbonyl (C=O) groups is 2. The van der Waals surface area contributed by atoms with E-state index in [1.807, 2.05) is 74.5 Å². The van der Waals surface area contributed by atoms with Gasteiger partial charge in [0.05, 0.1) is 11.1 Å².